The minimum absolute atomic E-state index is 0.0763. The lowest BCUT2D eigenvalue weighted by Gasteiger charge is -2.09. The maximum atomic E-state index is 12.0. The number of rotatable bonds is 8. The van der Waals surface area contributed by atoms with Crippen LogP contribution in [0.3, 0.4) is 0 Å². The molecule has 2 aromatic rings. The first-order chi connectivity index (χ1) is 13.1. The highest BCUT2D eigenvalue weighted by Crippen LogP contribution is 2.12. The first kappa shape index (κ1) is 20.0. The topological polar surface area (TPSA) is 110 Å². The predicted molar refractivity (Wildman–Crippen MR) is 97.6 cm³/mol. The van der Waals surface area contributed by atoms with Gasteiger partial charge in [-0.1, -0.05) is 19.8 Å². The summed E-state index contributed by atoms with van der Waals surface area (Å²) >= 11 is 0. The van der Waals surface area contributed by atoms with Crippen molar-refractivity contribution in [3.8, 4) is 5.75 Å². The Labute approximate surface area is 157 Å². The van der Waals surface area contributed by atoms with Gasteiger partial charge in [-0.25, -0.2) is 0 Å². The number of ether oxygens (including phenoxy) is 1. The van der Waals surface area contributed by atoms with E-state index in [9.17, 15) is 14.4 Å². The van der Waals surface area contributed by atoms with Gasteiger partial charge in [-0.3, -0.25) is 25.2 Å². The number of amides is 3. The van der Waals surface area contributed by atoms with Gasteiger partial charge in [0.05, 0.1) is 19.4 Å². The molecule has 0 aliphatic rings. The first-order valence-corrected chi connectivity index (χ1v) is 8.74. The van der Waals surface area contributed by atoms with Crippen LogP contribution in [0.5, 0.6) is 5.75 Å². The molecule has 1 aromatic heterocycles. The van der Waals surface area contributed by atoms with E-state index in [-0.39, 0.29) is 6.54 Å². The lowest BCUT2D eigenvalue weighted by Crippen LogP contribution is -2.48. The third kappa shape index (κ3) is 6.85. The van der Waals surface area contributed by atoms with Crippen molar-refractivity contribution in [2.45, 2.75) is 32.7 Å². The van der Waals surface area contributed by atoms with Gasteiger partial charge in [0, 0.05) is 5.56 Å². The number of hydrogen-bond acceptors (Lipinski definition) is 5. The Morgan fingerprint density at radius 3 is 2.44 bits per heavy atom. The summed E-state index contributed by atoms with van der Waals surface area (Å²) < 4.78 is 10.6. The second-order valence-corrected chi connectivity index (χ2v) is 5.75. The smallest absolute Gasteiger partial charge is 0.327 e. The fourth-order valence-corrected chi connectivity index (χ4v) is 2.15. The van der Waals surface area contributed by atoms with Gasteiger partial charge >= 0.3 is 11.8 Å². The molecule has 3 N–H and O–H groups in total. The van der Waals surface area contributed by atoms with Crippen molar-refractivity contribution in [3.63, 3.8) is 0 Å². The van der Waals surface area contributed by atoms with Crippen LogP contribution in [0.2, 0.25) is 0 Å². The highest BCUT2D eigenvalue weighted by Gasteiger charge is 2.15. The van der Waals surface area contributed by atoms with E-state index in [0.29, 0.717) is 23.7 Å². The molecule has 144 valence electrons. The van der Waals surface area contributed by atoms with Crippen LogP contribution in [-0.2, 0) is 16.1 Å². The number of hydrogen-bond donors (Lipinski definition) is 3. The summed E-state index contributed by atoms with van der Waals surface area (Å²) in [5, 5.41) is 2.37. The Bertz CT molecular complexity index is 741. The normalized spacial score (nSPS) is 10.1. The Morgan fingerprint density at radius 2 is 1.78 bits per heavy atom. The Hall–Kier alpha value is -3.29. The molecule has 0 spiro atoms. The minimum Gasteiger partial charge on any atom is -0.494 e. The molecule has 0 atom stereocenters. The van der Waals surface area contributed by atoms with Gasteiger partial charge in [-0.2, -0.15) is 0 Å². The molecular formula is C19H23N3O5. The average Bonchev–Trinajstić information content (AvgIpc) is 3.21. The van der Waals surface area contributed by atoms with Gasteiger partial charge in [-0.15, -0.1) is 0 Å². The van der Waals surface area contributed by atoms with Crippen LogP contribution in [0, 0.1) is 0 Å². The Kier molecular flexibility index (Phi) is 7.90. The molecule has 0 radical (unpaired) electrons. The zero-order chi connectivity index (χ0) is 19.5. The zero-order valence-corrected chi connectivity index (χ0v) is 15.1. The maximum absolute atomic E-state index is 12.0. The molecule has 0 unspecified atom stereocenters. The number of furan rings is 1. The number of nitrogens with one attached hydrogen (secondary N) is 3. The second-order valence-electron chi connectivity index (χ2n) is 5.75. The molecule has 0 saturated carbocycles. The van der Waals surface area contributed by atoms with Crippen LogP contribution in [0.4, 0.5) is 0 Å². The van der Waals surface area contributed by atoms with Crippen LogP contribution in [0.1, 0.15) is 42.3 Å². The van der Waals surface area contributed by atoms with Gasteiger partial charge in [0.25, 0.3) is 5.91 Å². The number of benzene rings is 1. The monoisotopic (exact) mass is 373 g/mol. The van der Waals surface area contributed by atoms with Crippen molar-refractivity contribution < 1.29 is 23.5 Å². The fraction of sp³-hybridized carbons (Fsp3) is 0.316. The minimum atomic E-state index is -0.981. The van der Waals surface area contributed by atoms with Crippen LogP contribution in [0.25, 0.3) is 0 Å². The standard InChI is InChI=1S/C19H23N3O5/c1-2-3-4-11-26-15-9-7-14(8-10-15)17(23)21-22-19(25)18(24)20-13-16-6-5-12-27-16/h5-10,12H,2-4,11,13H2,1H3,(H,20,24)(H,21,23)(H,22,25). The molecule has 27 heavy (non-hydrogen) atoms. The van der Waals surface area contributed by atoms with Gasteiger partial charge in [0.1, 0.15) is 11.5 Å². The third-order valence-electron chi connectivity index (χ3n) is 3.63. The zero-order valence-electron chi connectivity index (χ0n) is 15.1. The molecule has 0 fully saturated rings. The molecular weight excluding hydrogens is 350 g/mol. The van der Waals surface area contributed by atoms with Gasteiger partial charge in [0.15, 0.2) is 0 Å². The fourth-order valence-electron chi connectivity index (χ4n) is 2.15. The molecule has 8 nitrogen and oxygen atoms in total. The van der Waals surface area contributed by atoms with Crippen molar-refractivity contribution in [2.75, 3.05) is 6.61 Å². The SMILES string of the molecule is CCCCCOc1ccc(C(=O)NNC(=O)C(=O)NCc2ccco2)cc1. The molecule has 0 aliphatic heterocycles. The molecule has 2 rings (SSSR count). The van der Waals surface area contributed by atoms with E-state index in [2.05, 4.69) is 23.1 Å². The first-order valence-electron chi connectivity index (χ1n) is 8.74. The van der Waals surface area contributed by atoms with Crippen LogP contribution >= 0.6 is 0 Å². The van der Waals surface area contributed by atoms with E-state index in [0.717, 1.165) is 19.3 Å². The molecule has 1 aromatic carbocycles. The van der Waals surface area contributed by atoms with Gasteiger partial charge in [-0.05, 0) is 42.8 Å². The van der Waals surface area contributed by atoms with Crippen molar-refractivity contribution in [3.05, 3.63) is 54.0 Å². The highest BCUT2D eigenvalue weighted by atomic mass is 16.5. The summed E-state index contributed by atoms with van der Waals surface area (Å²) in [5.41, 5.74) is 4.58. The summed E-state index contributed by atoms with van der Waals surface area (Å²) in [5.74, 6) is -1.23. The molecule has 0 bridgehead atoms. The number of hydrazine groups is 1. The van der Waals surface area contributed by atoms with E-state index < -0.39 is 17.7 Å². The van der Waals surface area contributed by atoms with E-state index in [1.54, 1.807) is 36.4 Å². The summed E-state index contributed by atoms with van der Waals surface area (Å²) in [6, 6.07) is 9.85. The molecule has 0 saturated heterocycles. The lowest BCUT2D eigenvalue weighted by atomic mass is 10.2. The second kappa shape index (κ2) is 10.6. The molecule has 1 heterocycles. The molecule has 3 amide bonds. The highest BCUT2D eigenvalue weighted by molar-refractivity contribution is 6.35. The van der Waals surface area contributed by atoms with Crippen molar-refractivity contribution in [1.29, 1.82) is 0 Å². The summed E-state index contributed by atoms with van der Waals surface area (Å²) in [6.45, 7) is 2.82. The van der Waals surface area contributed by atoms with E-state index in [1.807, 2.05) is 0 Å². The van der Waals surface area contributed by atoms with Crippen LogP contribution in [0.15, 0.2) is 47.1 Å². The Balaban J connectivity index is 1.72. The molecule has 8 heteroatoms. The summed E-state index contributed by atoms with van der Waals surface area (Å²) in [7, 11) is 0. The largest absolute Gasteiger partial charge is 0.494 e. The Morgan fingerprint density at radius 1 is 1.00 bits per heavy atom. The van der Waals surface area contributed by atoms with Crippen LogP contribution < -0.4 is 20.9 Å². The van der Waals surface area contributed by atoms with Gasteiger partial charge in [0.2, 0.25) is 0 Å². The van der Waals surface area contributed by atoms with Crippen molar-refractivity contribution in [2.24, 2.45) is 0 Å². The average molecular weight is 373 g/mol. The van der Waals surface area contributed by atoms with E-state index >= 15 is 0 Å². The summed E-state index contributed by atoms with van der Waals surface area (Å²) in [6.07, 6.45) is 4.67. The van der Waals surface area contributed by atoms with E-state index in [1.165, 1.54) is 6.26 Å². The quantitative estimate of drug-likeness (QED) is 0.372. The van der Waals surface area contributed by atoms with E-state index in [4.69, 9.17) is 9.15 Å². The summed E-state index contributed by atoms with van der Waals surface area (Å²) in [4.78, 5) is 35.3. The van der Waals surface area contributed by atoms with Crippen LogP contribution in [-0.4, -0.2) is 24.3 Å². The number of carbonyl (C=O) groups is 3. The third-order valence-corrected chi connectivity index (χ3v) is 3.63. The maximum Gasteiger partial charge on any atom is 0.327 e. The van der Waals surface area contributed by atoms with Gasteiger partial charge < -0.3 is 14.5 Å². The lowest BCUT2D eigenvalue weighted by molar-refractivity contribution is -0.139. The van der Waals surface area contributed by atoms with Crippen molar-refractivity contribution >= 4 is 17.7 Å². The number of unbranched alkanes of at least 4 members (excludes halogenated alkanes) is 2. The van der Waals surface area contributed by atoms with Crippen molar-refractivity contribution in [1.82, 2.24) is 16.2 Å². The predicted octanol–water partition coefficient (Wildman–Crippen LogP) is 1.93. The molecule has 0 aliphatic carbocycles. The number of carbonyl (C=O) groups excluding carboxylic acids is 3.